The second kappa shape index (κ2) is 7.37. The predicted molar refractivity (Wildman–Crippen MR) is 99.1 cm³/mol. The smallest absolute Gasteiger partial charge is 0.274 e. The molecule has 0 bridgehead atoms. The topological polar surface area (TPSA) is 46.9 Å². The Labute approximate surface area is 154 Å². The van der Waals surface area contributed by atoms with Crippen molar-refractivity contribution >= 4 is 34.0 Å². The minimum atomic E-state index is -0.390. The van der Waals surface area contributed by atoms with E-state index in [-0.39, 0.29) is 18.4 Å². The van der Waals surface area contributed by atoms with Crippen LogP contribution in [0.1, 0.15) is 41.4 Å². The van der Waals surface area contributed by atoms with E-state index in [1.807, 2.05) is 26.1 Å². The highest BCUT2D eigenvalue weighted by Crippen LogP contribution is 2.24. The summed E-state index contributed by atoms with van der Waals surface area (Å²) < 4.78 is 15.9. The van der Waals surface area contributed by atoms with Gasteiger partial charge in [0.1, 0.15) is 11.5 Å². The lowest BCUT2D eigenvalue weighted by molar-refractivity contribution is 0.101. The number of amides is 1. The van der Waals surface area contributed by atoms with Gasteiger partial charge in [0.05, 0.1) is 6.54 Å². The molecule has 3 rings (SSSR count). The van der Waals surface area contributed by atoms with Crippen molar-refractivity contribution in [1.29, 1.82) is 0 Å². The zero-order chi connectivity index (χ0) is 18.0. The summed E-state index contributed by atoms with van der Waals surface area (Å²) in [5.41, 5.74) is 1.80. The molecular formula is C18H17ClFN3OS. The van der Waals surface area contributed by atoms with Crippen LogP contribution in [0.15, 0.2) is 42.0 Å². The Morgan fingerprint density at radius 1 is 1.44 bits per heavy atom. The number of benzene rings is 1. The molecule has 0 fully saturated rings. The molecule has 1 amide bonds. The summed E-state index contributed by atoms with van der Waals surface area (Å²) >= 11 is 7.47. The summed E-state index contributed by atoms with van der Waals surface area (Å²) in [6, 6.07) is 6.39. The number of halogens is 2. The second-order valence-electron chi connectivity index (χ2n) is 5.93. The van der Waals surface area contributed by atoms with Crippen molar-refractivity contribution in [2.45, 2.75) is 26.3 Å². The first kappa shape index (κ1) is 17.6. The molecule has 0 saturated carbocycles. The molecule has 0 atom stereocenters. The minimum Gasteiger partial charge on any atom is -0.339 e. The maximum Gasteiger partial charge on any atom is 0.274 e. The molecule has 0 saturated heterocycles. The maximum absolute atomic E-state index is 14.1. The quantitative estimate of drug-likeness (QED) is 0.667. The molecule has 0 radical (unpaired) electrons. The lowest BCUT2D eigenvalue weighted by atomic mass is 10.1. The average molecular weight is 378 g/mol. The number of thiazole rings is 1. The Kier molecular flexibility index (Phi) is 5.20. The van der Waals surface area contributed by atoms with E-state index >= 15 is 0 Å². The van der Waals surface area contributed by atoms with Crippen LogP contribution in [-0.2, 0) is 6.54 Å². The second-order valence-corrected chi connectivity index (χ2v) is 7.23. The lowest BCUT2D eigenvalue weighted by Crippen LogP contribution is -2.17. The highest BCUT2D eigenvalue weighted by atomic mass is 35.5. The van der Waals surface area contributed by atoms with E-state index in [0.29, 0.717) is 21.4 Å². The summed E-state index contributed by atoms with van der Waals surface area (Å²) in [5, 5.41) is 5.41. The summed E-state index contributed by atoms with van der Waals surface area (Å²) in [5.74, 6) is -0.434. The van der Waals surface area contributed by atoms with Gasteiger partial charge in [-0.3, -0.25) is 10.1 Å². The van der Waals surface area contributed by atoms with Crippen molar-refractivity contribution in [3.8, 4) is 0 Å². The Morgan fingerprint density at radius 3 is 2.88 bits per heavy atom. The lowest BCUT2D eigenvalue weighted by Gasteiger charge is -2.11. The van der Waals surface area contributed by atoms with Gasteiger partial charge in [0.15, 0.2) is 5.13 Å². The molecule has 2 aromatic heterocycles. The maximum atomic E-state index is 14.1. The Balaban J connectivity index is 1.96. The van der Waals surface area contributed by atoms with Gasteiger partial charge >= 0.3 is 0 Å². The molecule has 4 nitrogen and oxygen atoms in total. The van der Waals surface area contributed by atoms with Crippen LogP contribution in [0.25, 0.3) is 0 Å². The van der Waals surface area contributed by atoms with Gasteiger partial charge in [-0.1, -0.05) is 31.5 Å². The molecular weight excluding hydrogens is 361 g/mol. The van der Waals surface area contributed by atoms with Crippen molar-refractivity contribution in [3.63, 3.8) is 0 Å². The largest absolute Gasteiger partial charge is 0.339 e. The van der Waals surface area contributed by atoms with Gasteiger partial charge in [-0.25, -0.2) is 9.37 Å². The highest BCUT2D eigenvalue weighted by Gasteiger charge is 2.18. The van der Waals surface area contributed by atoms with Crippen LogP contribution < -0.4 is 5.32 Å². The molecule has 0 unspecified atom stereocenters. The molecule has 1 N–H and O–H groups in total. The third-order valence-corrected chi connectivity index (χ3v) is 4.90. The molecule has 2 heterocycles. The van der Waals surface area contributed by atoms with Crippen molar-refractivity contribution in [3.05, 3.63) is 69.7 Å². The summed E-state index contributed by atoms with van der Waals surface area (Å²) in [7, 11) is 0. The Hall–Kier alpha value is -2.18. The monoisotopic (exact) mass is 377 g/mol. The number of hydrogen-bond acceptors (Lipinski definition) is 3. The SMILES string of the molecule is CC(C)c1cc(C(=O)Nc2nccs2)n(Cc2c(F)cccc2Cl)c1. The molecule has 3 aromatic rings. The van der Waals surface area contributed by atoms with Crippen molar-refractivity contribution in [2.75, 3.05) is 5.32 Å². The van der Waals surface area contributed by atoms with Gasteiger partial charge < -0.3 is 4.57 Å². The molecule has 0 spiro atoms. The third kappa shape index (κ3) is 3.91. The molecule has 1 aromatic carbocycles. The zero-order valence-corrected chi connectivity index (χ0v) is 15.4. The molecule has 0 aliphatic heterocycles. The predicted octanol–water partition coefficient (Wildman–Crippen LogP) is 5.16. The van der Waals surface area contributed by atoms with E-state index in [1.54, 1.807) is 28.3 Å². The summed E-state index contributed by atoms with van der Waals surface area (Å²) in [4.78, 5) is 16.7. The van der Waals surface area contributed by atoms with Crippen LogP contribution in [-0.4, -0.2) is 15.5 Å². The van der Waals surface area contributed by atoms with E-state index in [4.69, 9.17) is 11.6 Å². The fourth-order valence-corrected chi connectivity index (χ4v) is 3.22. The van der Waals surface area contributed by atoms with Crippen LogP contribution >= 0.6 is 22.9 Å². The molecule has 130 valence electrons. The fraction of sp³-hybridized carbons (Fsp3) is 0.222. The van der Waals surface area contributed by atoms with Gasteiger partial charge in [-0.2, -0.15) is 0 Å². The van der Waals surface area contributed by atoms with Crippen LogP contribution in [0, 0.1) is 5.82 Å². The summed E-state index contributed by atoms with van der Waals surface area (Å²) in [6.45, 7) is 4.26. The van der Waals surface area contributed by atoms with Gasteiger partial charge in [0.2, 0.25) is 0 Å². The Morgan fingerprint density at radius 2 is 2.24 bits per heavy atom. The number of carbonyl (C=O) groups excluding carboxylic acids is 1. The highest BCUT2D eigenvalue weighted by molar-refractivity contribution is 7.13. The molecule has 0 aliphatic carbocycles. The number of nitrogens with one attached hydrogen (secondary N) is 1. The van der Waals surface area contributed by atoms with E-state index in [1.165, 1.54) is 17.4 Å². The standard InChI is InChI=1S/C18H17ClFN3OS/c1-11(2)12-8-16(17(24)22-18-21-6-7-25-18)23(9-12)10-13-14(19)4-3-5-15(13)20/h3-9,11H,10H2,1-2H3,(H,21,22,24). The molecule has 7 heteroatoms. The first-order valence-electron chi connectivity index (χ1n) is 7.79. The molecule has 25 heavy (non-hydrogen) atoms. The minimum absolute atomic E-state index is 0.179. The zero-order valence-electron chi connectivity index (χ0n) is 13.8. The van der Waals surface area contributed by atoms with E-state index in [9.17, 15) is 9.18 Å². The number of rotatable bonds is 5. The Bertz CT molecular complexity index is 870. The first-order chi connectivity index (χ1) is 12.0. The van der Waals surface area contributed by atoms with Crippen LogP contribution in [0.4, 0.5) is 9.52 Å². The third-order valence-electron chi connectivity index (χ3n) is 3.86. The average Bonchev–Trinajstić information content (AvgIpc) is 3.20. The van der Waals surface area contributed by atoms with Gasteiger partial charge in [-0.15, -0.1) is 11.3 Å². The van der Waals surface area contributed by atoms with E-state index < -0.39 is 5.82 Å². The normalized spacial score (nSPS) is 11.1. The van der Waals surface area contributed by atoms with Gasteiger partial charge in [-0.05, 0) is 29.7 Å². The van der Waals surface area contributed by atoms with Crippen LogP contribution in [0.3, 0.4) is 0 Å². The van der Waals surface area contributed by atoms with Crippen molar-refractivity contribution in [2.24, 2.45) is 0 Å². The first-order valence-corrected chi connectivity index (χ1v) is 9.05. The number of anilines is 1. The summed E-state index contributed by atoms with van der Waals surface area (Å²) in [6.07, 6.45) is 3.49. The van der Waals surface area contributed by atoms with Gasteiger partial charge in [0, 0.05) is 28.4 Å². The van der Waals surface area contributed by atoms with Gasteiger partial charge in [0.25, 0.3) is 5.91 Å². The number of aromatic nitrogens is 2. The van der Waals surface area contributed by atoms with E-state index in [0.717, 1.165) is 5.56 Å². The van der Waals surface area contributed by atoms with Crippen molar-refractivity contribution < 1.29 is 9.18 Å². The number of carbonyl (C=O) groups is 1. The number of nitrogens with zero attached hydrogens (tertiary/aromatic N) is 2. The number of hydrogen-bond donors (Lipinski definition) is 1. The molecule has 0 aliphatic rings. The van der Waals surface area contributed by atoms with Crippen LogP contribution in [0.5, 0.6) is 0 Å². The fourth-order valence-electron chi connectivity index (χ4n) is 2.47. The van der Waals surface area contributed by atoms with Crippen molar-refractivity contribution in [1.82, 2.24) is 9.55 Å². The van der Waals surface area contributed by atoms with E-state index in [2.05, 4.69) is 10.3 Å². The van der Waals surface area contributed by atoms with Crippen LogP contribution in [0.2, 0.25) is 5.02 Å².